The summed E-state index contributed by atoms with van der Waals surface area (Å²) in [6.07, 6.45) is 1.79. The van der Waals surface area contributed by atoms with E-state index in [1.54, 1.807) is 18.3 Å². The van der Waals surface area contributed by atoms with Crippen molar-refractivity contribution in [3.63, 3.8) is 0 Å². The molecule has 1 aliphatic heterocycles. The fraction of sp³-hybridized carbons (Fsp3) is 0.148. The molecular weight excluding hydrogens is 480 g/mol. The quantitative estimate of drug-likeness (QED) is 0.325. The van der Waals surface area contributed by atoms with Crippen LogP contribution in [0.4, 0.5) is 5.69 Å². The molecule has 2 aromatic carbocycles. The molecule has 0 amide bonds. The Kier molecular flexibility index (Phi) is 6.05. The van der Waals surface area contributed by atoms with Crippen LogP contribution in [0.1, 0.15) is 45.1 Å². The van der Waals surface area contributed by atoms with E-state index in [0.29, 0.717) is 10.1 Å². The Morgan fingerprint density at radius 3 is 2.34 bits per heavy atom. The minimum atomic E-state index is -0.944. The monoisotopic (exact) mass is 502 g/mol. The number of aryl methyl sites for hydroxylation is 1. The number of nitrogens with one attached hydrogen (secondary N) is 1. The molecule has 0 bridgehead atoms. The van der Waals surface area contributed by atoms with E-state index in [-0.39, 0.29) is 17.6 Å². The van der Waals surface area contributed by atoms with Crippen molar-refractivity contribution in [3.05, 3.63) is 112 Å². The van der Waals surface area contributed by atoms with Gasteiger partial charge in [0.1, 0.15) is 0 Å². The number of hydrogen-bond donors (Lipinski definition) is 2. The summed E-state index contributed by atoms with van der Waals surface area (Å²) in [5.41, 5.74) is 6.17. The Labute approximate surface area is 213 Å². The maximum absolute atomic E-state index is 11.3. The first-order chi connectivity index (χ1) is 16.8. The van der Waals surface area contributed by atoms with Gasteiger partial charge < -0.3 is 19.9 Å². The summed E-state index contributed by atoms with van der Waals surface area (Å²) in [5.74, 6) is -0.944. The minimum Gasteiger partial charge on any atom is -0.478 e. The van der Waals surface area contributed by atoms with Gasteiger partial charge in [-0.25, -0.2) is 4.79 Å². The first kappa shape index (κ1) is 23.1. The van der Waals surface area contributed by atoms with Gasteiger partial charge in [-0.15, -0.1) is 0 Å². The van der Waals surface area contributed by atoms with Gasteiger partial charge in [0, 0.05) is 34.0 Å². The van der Waals surface area contributed by atoms with Crippen LogP contribution in [0.25, 0.3) is 5.69 Å². The van der Waals surface area contributed by atoms with Gasteiger partial charge in [-0.05, 0) is 98.4 Å². The molecule has 2 N–H and O–H groups in total. The summed E-state index contributed by atoms with van der Waals surface area (Å²) in [4.78, 5) is 18.0. The van der Waals surface area contributed by atoms with Crippen molar-refractivity contribution in [3.8, 4) is 5.69 Å². The average molecular weight is 503 g/mol. The zero-order valence-electron chi connectivity index (χ0n) is 19.1. The topological polar surface area (TPSA) is 70.4 Å². The van der Waals surface area contributed by atoms with Crippen molar-refractivity contribution in [2.45, 2.75) is 25.9 Å². The second-order valence-corrected chi connectivity index (χ2v) is 9.31. The van der Waals surface area contributed by atoms with Crippen LogP contribution in [0.2, 0.25) is 5.02 Å². The lowest BCUT2D eigenvalue weighted by Gasteiger charge is -2.28. The zero-order valence-corrected chi connectivity index (χ0v) is 20.7. The third-order valence-electron chi connectivity index (χ3n) is 6.36. The number of thiocarbonyl (C=S) groups is 1. The van der Waals surface area contributed by atoms with Crippen LogP contribution in [-0.4, -0.2) is 25.7 Å². The van der Waals surface area contributed by atoms with Gasteiger partial charge in [0.2, 0.25) is 0 Å². The van der Waals surface area contributed by atoms with Crippen LogP contribution in [0.15, 0.2) is 79.0 Å². The molecule has 5 rings (SSSR count). The molecule has 0 aliphatic carbocycles. The number of anilines is 1. The molecule has 1 fully saturated rings. The van der Waals surface area contributed by atoms with E-state index in [4.69, 9.17) is 23.8 Å². The molecule has 8 heteroatoms. The number of pyridine rings is 1. The van der Waals surface area contributed by atoms with Crippen molar-refractivity contribution >= 4 is 40.6 Å². The van der Waals surface area contributed by atoms with Gasteiger partial charge in [-0.1, -0.05) is 17.7 Å². The number of aromatic nitrogens is 2. The lowest BCUT2D eigenvalue weighted by atomic mass is 9.96. The summed E-state index contributed by atoms with van der Waals surface area (Å²) in [7, 11) is 0. The average Bonchev–Trinajstić information content (AvgIpc) is 3.35. The molecule has 1 aliphatic rings. The summed E-state index contributed by atoms with van der Waals surface area (Å²) in [5, 5.41) is 14.0. The fourth-order valence-corrected chi connectivity index (χ4v) is 5.26. The molecule has 2 atom stereocenters. The van der Waals surface area contributed by atoms with Crippen LogP contribution in [0, 0.1) is 13.8 Å². The maximum atomic E-state index is 11.3. The molecule has 0 unspecified atom stereocenters. The number of aromatic carboxylic acids is 1. The predicted molar refractivity (Wildman–Crippen MR) is 142 cm³/mol. The van der Waals surface area contributed by atoms with E-state index in [1.807, 2.05) is 61.5 Å². The number of hydrogen-bond acceptors (Lipinski definition) is 3. The molecule has 176 valence electrons. The number of halogens is 1. The lowest BCUT2D eigenvalue weighted by Crippen LogP contribution is -2.29. The SMILES string of the molecule is Cc1cc([C@@H]2[C@@H](c3ccccn3)NC(=S)N2c2ccc(Cl)cc2)c(C)n1-c1ccc(C(=O)O)cc1. The van der Waals surface area contributed by atoms with Gasteiger partial charge in [-0.2, -0.15) is 0 Å². The van der Waals surface area contributed by atoms with Crippen LogP contribution in [-0.2, 0) is 0 Å². The lowest BCUT2D eigenvalue weighted by molar-refractivity contribution is 0.0697. The van der Waals surface area contributed by atoms with Crippen molar-refractivity contribution in [1.82, 2.24) is 14.9 Å². The molecule has 1 saturated heterocycles. The van der Waals surface area contributed by atoms with Crippen LogP contribution < -0.4 is 10.2 Å². The van der Waals surface area contributed by atoms with Gasteiger partial charge >= 0.3 is 5.97 Å². The van der Waals surface area contributed by atoms with E-state index < -0.39 is 5.97 Å². The largest absolute Gasteiger partial charge is 0.478 e. The smallest absolute Gasteiger partial charge is 0.335 e. The molecule has 0 saturated carbocycles. The number of carboxylic acid groups (broad SMARTS) is 1. The molecule has 35 heavy (non-hydrogen) atoms. The number of carboxylic acids is 1. The molecule has 2 aromatic heterocycles. The highest BCUT2D eigenvalue weighted by molar-refractivity contribution is 7.80. The van der Waals surface area contributed by atoms with Crippen molar-refractivity contribution in [1.29, 1.82) is 0 Å². The molecule has 3 heterocycles. The first-order valence-corrected chi connectivity index (χ1v) is 11.9. The Balaban J connectivity index is 1.65. The van der Waals surface area contributed by atoms with Crippen molar-refractivity contribution in [2.24, 2.45) is 0 Å². The Morgan fingerprint density at radius 1 is 1.03 bits per heavy atom. The highest BCUT2D eigenvalue weighted by Crippen LogP contribution is 2.43. The second kappa shape index (κ2) is 9.17. The van der Waals surface area contributed by atoms with Gasteiger partial charge in [0.15, 0.2) is 5.11 Å². The Bertz CT molecular complexity index is 1400. The van der Waals surface area contributed by atoms with E-state index in [0.717, 1.165) is 34.0 Å². The minimum absolute atomic E-state index is 0.156. The Hall–Kier alpha value is -3.68. The summed E-state index contributed by atoms with van der Waals surface area (Å²) < 4.78 is 2.14. The third kappa shape index (κ3) is 4.17. The van der Waals surface area contributed by atoms with E-state index in [2.05, 4.69) is 32.8 Å². The number of benzene rings is 2. The Morgan fingerprint density at radius 2 is 1.71 bits per heavy atom. The van der Waals surface area contributed by atoms with Gasteiger partial charge in [0.05, 0.1) is 23.3 Å². The third-order valence-corrected chi connectivity index (χ3v) is 6.93. The number of carbonyl (C=O) groups is 1. The van der Waals surface area contributed by atoms with Crippen molar-refractivity contribution in [2.75, 3.05) is 4.90 Å². The summed E-state index contributed by atoms with van der Waals surface area (Å²) in [6.45, 7) is 4.12. The van der Waals surface area contributed by atoms with Crippen molar-refractivity contribution < 1.29 is 9.90 Å². The van der Waals surface area contributed by atoms with Crippen LogP contribution >= 0.6 is 23.8 Å². The molecule has 6 nitrogen and oxygen atoms in total. The highest BCUT2D eigenvalue weighted by atomic mass is 35.5. The first-order valence-electron chi connectivity index (χ1n) is 11.1. The van der Waals surface area contributed by atoms with Gasteiger partial charge in [0.25, 0.3) is 0 Å². The number of rotatable bonds is 5. The normalized spacial score (nSPS) is 17.5. The number of nitrogens with zero attached hydrogens (tertiary/aromatic N) is 3. The predicted octanol–water partition coefficient (Wildman–Crippen LogP) is 6.02. The van der Waals surface area contributed by atoms with E-state index in [9.17, 15) is 9.90 Å². The fourth-order valence-electron chi connectivity index (χ4n) is 4.79. The highest BCUT2D eigenvalue weighted by Gasteiger charge is 2.42. The molecule has 4 aromatic rings. The second-order valence-electron chi connectivity index (χ2n) is 8.49. The van der Waals surface area contributed by atoms with E-state index in [1.165, 1.54) is 0 Å². The molecular formula is C27H23ClN4O2S. The standard InChI is InChI=1S/C27H23ClN4O2S/c1-16-15-22(17(2)31(16)20-10-6-18(7-11-20)26(33)34)25-24(23-5-3-4-14-29-23)30-27(35)32(25)21-12-8-19(28)9-13-21/h3-15,24-25H,1-2H3,(H,30,35)(H,33,34)/t24-,25-/m1/s1. The summed E-state index contributed by atoms with van der Waals surface area (Å²) >= 11 is 12.0. The van der Waals surface area contributed by atoms with Crippen LogP contribution in [0.3, 0.4) is 0 Å². The van der Waals surface area contributed by atoms with Gasteiger partial charge in [-0.3, -0.25) is 4.98 Å². The molecule has 0 radical (unpaired) electrons. The summed E-state index contributed by atoms with van der Waals surface area (Å²) in [6, 6.07) is 22.3. The maximum Gasteiger partial charge on any atom is 0.335 e. The van der Waals surface area contributed by atoms with E-state index >= 15 is 0 Å². The molecule has 0 spiro atoms. The zero-order chi connectivity index (χ0) is 24.7. The van der Waals surface area contributed by atoms with Crippen LogP contribution in [0.5, 0.6) is 0 Å².